The molecule has 7 nitrogen and oxygen atoms in total. The molecule has 1 heterocycles. The summed E-state index contributed by atoms with van der Waals surface area (Å²) >= 11 is 11.9. The van der Waals surface area contributed by atoms with Crippen molar-refractivity contribution in [1.82, 2.24) is 10.3 Å². The van der Waals surface area contributed by atoms with E-state index in [1.165, 1.54) is 26.4 Å². The van der Waals surface area contributed by atoms with Crippen molar-refractivity contribution in [3.8, 4) is 0 Å². The Morgan fingerprint density at radius 2 is 1.70 bits per heavy atom. The largest absolute Gasteiger partial charge is 0.467 e. The zero-order valence-electron chi connectivity index (χ0n) is 14.6. The monoisotopic (exact) mass is 409 g/mol. The fraction of sp³-hybridized carbons (Fsp3) is 0.222. The zero-order chi connectivity index (χ0) is 20.0. The zero-order valence-corrected chi connectivity index (χ0v) is 16.1. The quantitative estimate of drug-likeness (QED) is 0.714. The van der Waals surface area contributed by atoms with Gasteiger partial charge in [-0.15, -0.1) is 0 Å². The fourth-order valence-electron chi connectivity index (χ4n) is 2.36. The lowest BCUT2D eigenvalue weighted by molar-refractivity contribution is -0.144. The van der Waals surface area contributed by atoms with Crippen LogP contribution < -0.4 is 10.6 Å². The van der Waals surface area contributed by atoms with E-state index in [0.29, 0.717) is 5.69 Å². The van der Waals surface area contributed by atoms with Gasteiger partial charge in [-0.05, 0) is 17.7 Å². The second kappa shape index (κ2) is 9.34. The first-order valence-electron chi connectivity index (χ1n) is 7.86. The molecule has 1 aromatic carbocycles. The van der Waals surface area contributed by atoms with Crippen molar-refractivity contribution in [2.24, 2.45) is 0 Å². The molecule has 27 heavy (non-hydrogen) atoms. The molecule has 0 aliphatic rings. The number of aromatic nitrogens is 1. The molecular weight excluding hydrogens is 393 g/mol. The van der Waals surface area contributed by atoms with E-state index in [1.807, 2.05) is 0 Å². The number of amides is 2. The summed E-state index contributed by atoms with van der Waals surface area (Å²) in [6, 6.07) is 5.99. The van der Waals surface area contributed by atoms with Crippen LogP contribution in [0.3, 0.4) is 0 Å². The highest BCUT2D eigenvalue weighted by Crippen LogP contribution is 2.24. The van der Waals surface area contributed by atoms with Crippen LogP contribution in [0, 0.1) is 0 Å². The molecule has 0 aliphatic heterocycles. The van der Waals surface area contributed by atoms with Crippen LogP contribution in [0.5, 0.6) is 0 Å². The van der Waals surface area contributed by atoms with Crippen LogP contribution in [0.1, 0.15) is 22.8 Å². The third-order valence-electron chi connectivity index (χ3n) is 3.60. The topological polar surface area (TPSA) is 97.4 Å². The van der Waals surface area contributed by atoms with Crippen LogP contribution in [-0.2, 0) is 20.7 Å². The molecule has 9 heteroatoms. The van der Waals surface area contributed by atoms with Crippen molar-refractivity contribution < 1.29 is 19.1 Å². The van der Waals surface area contributed by atoms with E-state index in [4.69, 9.17) is 27.9 Å². The second-order valence-electron chi connectivity index (χ2n) is 5.61. The molecule has 1 atom stereocenters. The molecule has 2 N–H and O–H groups in total. The van der Waals surface area contributed by atoms with Gasteiger partial charge in [0.25, 0.3) is 5.91 Å². The van der Waals surface area contributed by atoms with Crippen molar-refractivity contribution >= 4 is 46.7 Å². The Morgan fingerprint density at radius 1 is 1.11 bits per heavy atom. The van der Waals surface area contributed by atoms with Gasteiger partial charge in [0.2, 0.25) is 5.91 Å². The Labute approximate surface area is 166 Å². The lowest BCUT2D eigenvalue weighted by atomic mass is 10.1. The Balaban J connectivity index is 2.09. The number of ether oxygens (including phenoxy) is 1. The molecular formula is C18H17Cl2N3O4. The number of hydrogen-bond acceptors (Lipinski definition) is 5. The Hall–Kier alpha value is -2.64. The van der Waals surface area contributed by atoms with Gasteiger partial charge in [0, 0.05) is 31.4 Å². The third-order valence-corrected chi connectivity index (χ3v) is 4.17. The number of nitrogens with zero attached hydrogens (tertiary/aromatic N) is 1. The minimum atomic E-state index is -0.789. The average molecular weight is 410 g/mol. The summed E-state index contributed by atoms with van der Waals surface area (Å²) in [6.45, 7) is 1.32. The van der Waals surface area contributed by atoms with Crippen LogP contribution >= 0.6 is 23.2 Å². The van der Waals surface area contributed by atoms with E-state index in [0.717, 1.165) is 5.56 Å². The molecule has 0 saturated heterocycles. The molecule has 0 unspecified atom stereocenters. The number of methoxy groups -OCH3 is 1. The highest BCUT2D eigenvalue weighted by molar-refractivity contribution is 6.40. The second-order valence-corrected chi connectivity index (χ2v) is 6.42. The predicted molar refractivity (Wildman–Crippen MR) is 102 cm³/mol. The molecule has 142 valence electrons. The molecule has 0 aliphatic carbocycles. The van der Waals surface area contributed by atoms with Crippen LogP contribution in [0.4, 0.5) is 5.69 Å². The summed E-state index contributed by atoms with van der Waals surface area (Å²) in [6.07, 6.45) is 2.92. The van der Waals surface area contributed by atoms with Crippen molar-refractivity contribution in [3.63, 3.8) is 0 Å². The van der Waals surface area contributed by atoms with Gasteiger partial charge >= 0.3 is 5.97 Å². The minimum absolute atomic E-state index is 0.133. The summed E-state index contributed by atoms with van der Waals surface area (Å²) in [5, 5.41) is 5.52. The van der Waals surface area contributed by atoms with Crippen molar-refractivity contribution in [2.45, 2.75) is 19.4 Å². The van der Waals surface area contributed by atoms with E-state index >= 15 is 0 Å². The molecule has 2 amide bonds. The Morgan fingerprint density at radius 3 is 2.22 bits per heavy atom. The molecule has 0 bridgehead atoms. The van der Waals surface area contributed by atoms with Gasteiger partial charge in [0.05, 0.1) is 22.7 Å². The van der Waals surface area contributed by atoms with E-state index < -0.39 is 17.9 Å². The molecule has 0 radical (unpaired) electrons. The van der Waals surface area contributed by atoms with E-state index in [-0.39, 0.29) is 27.9 Å². The summed E-state index contributed by atoms with van der Waals surface area (Å²) in [7, 11) is 1.26. The molecule has 0 saturated carbocycles. The first kappa shape index (κ1) is 20.7. The SMILES string of the molecule is COC(=O)[C@H](Cc1ccc(NC(=O)c2c(Cl)cncc2Cl)cc1)NC(C)=O. The van der Waals surface area contributed by atoms with Gasteiger partial charge in [-0.1, -0.05) is 35.3 Å². The number of esters is 1. The van der Waals surface area contributed by atoms with Gasteiger partial charge in [-0.3, -0.25) is 14.6 Å². The van der Waals surface area contributed by atoms with Crippen molar-refractivity contribution in [1.29, 1.82) is 0 Å². The molecule has 0 spiro atoms. The minimum Gasteiger partial charge on any atom is -0.467 e. The van der Waals surface area contributed by atoms with Crippen LogP contribution in [0.15, 0.2) is 36.7 Å². The number of carbonyl (C=O) groups is 3. The highest BCUT2D eigenvalue weighted by Gasteiger charge is 2.20. The number of rotatable bonds is 6. The number of halogens is 2. The van der Waals surface area contributed by atoms with Gasteiger partial charge < -0.3 is 15.4 Å². The van der Waals surface area contributed by atoms with Crippen LogP contribution in [0.2, 0.25) is 10.0 Å². The van der Waals surface area contributed by atoms with Crippen LogP contribution in [0.25, 0.3) is 0 Å². The maximum Gasteiger partial charge on any atom is 0.328 e. The number of benzene rings is 1. The first-order valence-corrected chi connectivity index (χ1v) is 8.61. The normalized spacial score (nSPS) is 11.4. The van der Waals surface area contributed by atoms with Gasteiger partial charge in [0.15, 0.2) is 0 Å². The van der Waals surface area contributed by atoms with Crippen LogP contribution in [-0.4, -0.2) is 35.9 Å². The van der Waals surface area contributed by atoms with Crippen molar-refractivity contribution in [3.05, 3.63) is 57.8 Å². The number of nitrogens with one attached hydrogen (secondary N) is 2. The van der Waals surface area contributed by atoms with E-state index in [2.05, 4.69) is 15.6 Å². The Kier molecular flexibility index (Phi) is 7.15. The molecule has 2 aromatic rings. The Bertz CT molecular complexity index is 836. The summed E-state index contributed by atoms with van der Waals surface area (Å²) in [4.78, 5) is 39.2. The standard InChI is InChI=1S/C18H17Cl2N3O4/c1-10(24)22-15(18(26)27-2)7-11-3-5-12(6-4-11)23-17(25)16-13(19)8-21-9-14(16)20/h3-6,8-9,15H,7H2,1-2H3,(H,22,24)(H,23,25)/t15-/m0/s1. The maximum absolute atomic E-state index is 12.4. The van der Waals surface area contributed by atoms with Gasteiger partial charge in [0.1, 0.15) is 6.04 Å². The molecule has 1 aromatic heterocycles. The van der Waals surface area contributed by atoms with Gasteiger partial charge in [-0.25, -0.2) is 4.79 Å². The predicted octanol–water partition coefficient (Wildman–Crippen LogP) is 2.86. The smallest absolute Gasteiger partial charge is 0.328 e. The lowest BCUT2D eigenvalue weighted by Crippen LogP contribution is -2.41. The lowest BCUT2D eigenvalue weighted by Gasteiger charge is -2.15. The first-order chi connectivity index (χ1) is 12.8. The summed E-state index contributed by atoms with van der Waals surface area (Å²) in [5.41, 5.74) is 1.42. The number of anilines is 1. The highest BCUT2D eigenvalue weighted by atomic mass is 35.5. The summed E-state index contributed by atoms with van der Waals surface area (Å²) < 4.78 is 4.69. The maximum atomic E-state index is 12.4. The molecule has 0 fully saturated rings. The molecule has 2 rings (SSSR count). The fourth-order valence-corrected chi connectivity index (χ4v) is 2.90. The summed E-state index contributed by atoms with van der Waals surface area (Å²) in [5.74, 6) is -1.34. The third kappa shape index (κ3) is 5.67. The number of hydrogen-bond donors (Lipinski definition) is 2. The number of carbonyl (C=O) groups excluding carboxylic acids is 3. The average Bonchev–Trinajstić information content (AvgIpc) is 2.61. The number of pyridine rings is 1. The van der Waals surface area contributed by atoms with Crippen molar-refractivity contribution in [2.75, 3.05) is 12.4 Å². The van der Waals surface area contributed by atoms with E-state index in [1.54, 1.807) is 24.3 Å². The van der Waals surface area contributed by atoms with Gasteiger partial charge in [-0.2, -0.15) is 0 Å². The van der Waals surface area contributed by atoms with E-state index in [9.17, 15) is 14.4 Å².